The molecule has 3 rings (SSSR count). The molecule has 0 atom stereocenters. The van der Waals surface area contributed by atoms with Gasteiger partial charge >= 0.3 is 18.5 Å². The number of hydrogen-bond donors (Lipinski definition) is 2. The first-order valence-electron chi connectivity index (χ1n) is 11.6. The quantitative estimate of drug-likeness (QED) is 0.0851. The lowest BCUT2D eigenvalue weighted by Crippen LogP contribution is -2.11. The lowest BCUT2D eigenvalue weighted by molar-refractivity contribution is -0.249. The number of rotatable bonds is 8. The molecule has 0 fully saturated rings. The summed E-state index contributed by atoms with van der Waals surface area (Å²) in [7, 11) is 1.53. The van der Waals surface area contributed by atoms with Crippen molar-refractivity contribution in [1.82, 2.24) is 0 Å². The van der Waals surface area contributed by atoms with Crippen LogP contribution in [0.15, 0.2) is 78.9 Å². The third-order valence-electron chi connectivity index (χ3n) is 4.28. The topological polar surface area (TPSA) is 166 Å². The van der Waals surface area contributed by atoms with Gasteiger partial charge in [0.15, 0.2) is 0 Å². The van der Waals surface area contributed by atoms with Crippen LogP contribution in [0.2, 0.25) is 0 Å². The second-order valence-electron chi connectivity index (χ2n) is 7.30. The number of unbranched alkanes of at least 4 members (excludes halogenated alkanes) is 1. The fourth-order valence-corrected chi connectivity index (χ4v) is 2.37. The van der Waals surface area contributed by atoms with Crippen molar-refractivity contribution < 1.29 is 63.4 Å². The van der Waals surface area contributed by atoms with Gasteiger partial charge in [-0.25, -0.2) is 14.4 Å². The molecule has 0 aliphatic rings. The molecule has 0 radical (unpaired) electrons. The van der Waals surface area contributed by atoms with Crippen molar-refractivity contribution in [3.63, 3.8) is 0 Å². The van der Waals surface area contributed by atoms with Crippen molar-refractivity contribution in [2.75, 3.05) is 13.7 Å². The largest absolute Gasteiger partial charge is 0.546 e. The van der Waals surface area contributed by atoms with Crippen molar-refractivity contribution in [2.45, 2.75) is 41.5 Å². The van der Waals surface area contributed by atoms with Crippen LogP contribution in [0.25, 0.3) is 0 Å². The molecule has 0 aliphatic heterocycles. The zero-order valence-electron chi connectivity index (χ0n) is 22.0. The molecule has 0 spiro atoms. The molecule has 0 saturated carbocycles. The Morgan fingerprint density at radius 2 is 1.07 bits per heavy atom. The summed E-state index contributed by atoms with van der Waals surface area (Å²) in [4.78, 5) is 47.5. The number of methoxy groups -OCH3 is 1. The summed E-state index contributed by atoms with van der Waals surface area (Å²) in [5, 5.41) is 15.7. The van der Waals surface area contributed by atoms with Crippen LogP contribution in [0, 0.1) is 6.92 Å². The van der Waals surface area contributed by atoms with Gasteiger partial charge in [0.05, 0.1) is 13.7 Å². The molecule has 3 aromatic rings. The van der Waals surface area contributed by atoms with Gasteiger partial charge in [0.1, 0.15) is 23.0 Å². The second-order valence-corrected chi connectivity index (χ2v) is 7.30. The van der Waals surface area contributed by atoms with Gasteiger partial charge in [-0.1, -0.05) is 64.1 Å². The molecular formula is C29H38O13. The zero-order chi connectivity index (χ0) is 29.6. The maximum atomic E-state index is 11.1. The van der Waals surface area contributed by atoms with Crippen LogP contribution in [0.1, 0.15) is 40.2 Å². The van der Waals surface area contributed by atoms with E-state index in [1.54, 1.807) is 54.6 Å². The molecule has 0 aliphatic carbocycles. The van der Waals surface area contributed by atoms with E-state index >= 15 is 0 Å². The number of aryl methyl sites for hydroxylation is 1. The molecule has 0 aromatic heterocycles. The van der Waals surface area contributed by atoms with Gasteiger partial charge in [-0.15, -0.1) is 0 Å². The van der Waals surface area contributed by atoms with Crippen LogP contribution in [-0.4, -0.2) is 42.7 Å². The first-order valence-corrected chi connectivity index (χ1v) is 11.6. The van der Waals surface area contributed by atoms with Crippen LogP contribution in [0.5, 0.6) is 23.0 Å². The molecule has 0 heterocycles. The first-order chi connectivity index (χ1) is 19.3. The fourth-order valence-electron chi connectivity index (χ4n) is 2.37. The lowest BCUT2D eigenvalue weighted by atomic mass is 10.2. The Labute approximate surface area is 244 Å². The molecule has 3 aromatic carbocycles. The highest BCUT2D eigenvalue weighted by Gasteiger charge is 2.07. The van der Waals surface area contributed by atoms with Crippen LogP contribution < -0.4 is 18.9 Å². The molecule has 0 saturated heterocycles. The molecule has 0 bridgehead atoms. The van der Waals surface area contributed by atoms with E-state index in [1.165, 1.54) is 19.2 Å². The van der Waals surface area contributed by atoms with Crippen molar-refractivity contribution in [3.8, 4) is 23.0 Å². The minimum absolute atomic E-state index is 0. The van der Waals surface area contributed by atoms with Gasteiger partial charge < -0.3 is 18.9 Å². The smallest absolute Gasteiger partial charge is 0.497 e. The van der Waals surface area contributed by atoms with E-state index in [0.29, 0.717) is 23.9 Å². The highest BCUT2D eigenvalue weighted by molar-refractivity contribution is 5.63. The summed E-state index contributed by atoms with van der Waals surface area (Å²) < 4.78 is 18.7. The molecule has 232 valence electrons. The molecule has 13 nitrogen and oxygen atoms in total. The van der Waals surface area contributed by atoms with E-state index in [-0.39, 0.29) is 20.6 Å². The summed E-state index contributed by atoms with van der Waals surface area (Å²) in [6, 6.07) is 21.6. The average Bonchev–Trinajstić information content (AvgIpc) is 2.98. The Morgan fingerprint density at radius 1 is 0.643 bits per heavy atom. The average molecular weight is 595 g/mol. The minimum Gasteiger partial charge on any atom is -0.497 e. The number of para-hydroxylation sites is 1. The van der Waals surface area contributed by atoms with Crippen molar-refractivity contribution in [2.24, 2.45) is 0 Å². The second kappa shape index (κ2) is 24.0. The molecular weight excluding hydrogens is 556 g/mol. The predicted octanol–water partition coefficient (Wildman–Crippen LogP) is 7.87. The number of carbonyl (C=O) groups is 3. The number of benzene rings is 3. The Balaban J connectivity index is 0. The van der Waals surface area contributed by atoms with Crippen molar-refractivity contribution >= 4 is 18.5 Å². The van der Waals surface area contributed by atoms with Gasteiger partial charge in [0.2, 0.25) is 0 Å². The van der Waals surface area contributed by atoms with E-state index in [2.05, 4.69) is 29.0 Å². The SMILES string of the molecule is C.C.CCCCOOC(=O)Oc1ccc(C)cc1.COc1ccc(OC(=O)OO)cc1.O=C(OO)Oc1ccccc1. The number of ether oxygens (including phenoxy) is 4. The molecule has 42 heavy (non-hydrogen) atoms. The van der Waals surface area contributed by atoms with Gasteiger partial charge in [-0.3, -0.25) is 14.7 Å². The maximum absolute atomic E-state index is 11.1. The third kappa shape index (κ3) is 18.4. The van der Waals surface area contributed by atoms with Gasteiger partial charge in [-0.2, -0.15) is 15.4 Å². The highest BCUT2D eigenvalue weighted by Crippen LogP contribution is 2.17. The summed E-state index contributed by atoms with van der Waals surface area (Å²) in [5.41, 5.74) is 1.10. The maximum Gasteiger partial charge on any atom is 0.546 e. The van der Waals surface area contributed by atoms with Crippen LogP contribution in [-0.2, 0) is 19.6 Å². The molecule has 2 N–H and O–H groups in total. The van der Waals surface area contributed by atoms with Crippen LogP contribution in [0.3, 0.4) is 0 Å². The molecule has 13 heteroatoms. The van der Waals surface area contributed by atoms with E-state index in [1.807, 2.05) is 26.0 Å². The Hall–Kier alpha value is -4.85. The normalized spacial score (nSPS) is 8.88. The highest BCUT2D eigenvalue weighted by atomic mass is 17.2. The monoisotopic (exact) mass is 594 g/mol. The summed E-state index contributed by atoms with van der Waals surface area (Å²) in [6.07, 6.45) is -1.34. The number of carbonyl (C=O) groups excluding carboxylic acids is 3. The third-order valence-corrected chi connectivity index (χ3v) is 4.28. The van der Waals surface area contributed by atoms with Crippen LogP contribution in [0.4, 0.5) is 14.4 Å². The van der Waals surface area contributed by atoms with Gasteiger partial charge in [-0.05, 0) is 61.9 Å². The fraction of sp³-hybridized carbons (Fsp3) is 0.276. The van der Waals surface area contributed by atoms with E-state index in [9.17, 15) is 14.4 Å². The first kappa shape index (κ1) is 39.3. The Kier molecular flexibility index (Phi) is 22.4. The number of hydrogen-bond acceptors (Lipinski definition) is 13. The van der Waals surface area contributed by atoms with E-state index in [4.69, 9.17) is 20.0 Å². The van der Waals surface area contributed by atoms with Gasteiger partial charge in [0, 0.05) is 0 Å². The Morgan fingerprint density at radius 3 is 1.52 bits per heavy atom. The Bertz CT molecular complexity index is 1120. The minimum atomic E-state index is -1.18. The summed E-state index contributed by atoms with van der Waals surface area (Å²) >= 11 is 0. The lowest BCUT2D eigenvalue weighted by Gasteiger charge is -2.04. The summed E-state index contributed by atoms with van der Waals surface area (Å²) in [5.74, 6) is 1.67. The molecule has 0 amide bonds. The zero-order valence-corrected chi connectivity index (χ0v) is 22.0. The standard InChI is InChI=1S/C12H16O4.C8H8O5.C7H6O4.2CH4/c1-3-4-9-14-16-12(13)15-11-7-5-10(2)6-8-11;1-11-6-2-4-7(5-3-6)12-8(9)13-10;8-7(11-9)10-6-4-2-1-3-5-6;;/h5-8H,3-4,9H2,1-2H3;2-5,10H,1H3;1-5,9H;2*1H4. The van der Waals surface area contributed by atoms with E-state index < -0.39 is 18.5 Å². The van der Waals surface area contributed by atoms with Gasteiger partial charge in [0.25, 0.3) is 0 Å². The van der Waals surface area contributed by atoms with Crippen LogP contribution >= 0.6 is 0 Å². The van der Waals surface area contributed by atoms with E-state index in [0.717, 1.165) is 18.4 Å². The van der Waals surface area contributed by atoms with Crippen molar-refractivity contribution in [3.05, 3.63) is 84.4 Å². The van der Waals surface area contributed by atoms with Crippen molar-refractivity contribution in [1.29, 1.82) is 0 Å². The summed E-state index contributed by atoms with van der Waals surface area (Å²) in [6.45, 7) is 4.36. The predicted molar refractivity (Wildman–Crippen MR) is 152 cm³/mol. The molecule has 0 unspecified atom stereocenters.